The normalized spacial score (nSPS) is 10.1. The van der Waals surface area contributed by atoms with Gasteiger partial charge in [0.2, 0.25) is 0 Å². The van der Waals surface area contributed by atoms with Gasteiger partial charge in [0.05, 0.1) is 10.0 Å². The Morgan fingerprint density at radius 1 is 1.05 bits per heavy atom. The van der Waals surface area contributed by atoms with Gasteiger partial charge in [0, 0.05) is 4.47 Å². The lowest BCUT2D eigenvalue weighted by Gasteiger charge is -2.09. The molecule has 0 aliphatic rings. The second kappa shape index (κ2) is 5.68. The third-order valence-electron chi connectivity index (χ3n) is 2.28. The van der Waals surface area contributed by atoms with Crippen molar-refractivity contribution in [2.24, 2.45) is 0 Å². The van der Waals surface area contributed by atoms with Gasteiger partial charge in [0.25, 0.3) is 0 Å². The predicted octanol–water partition coefficient (Wildman–Crippen LogP) is 5.15. The Morgan fingerprint density at radius 2 is 1.74 bits per heavy atom. The fourth-order valence-corrected chi connectivity index (χ4v) is 2.12. The number of nitriles is 1. The maximum Gasteiger partial charge on any atom is 0.181 e. The molecule has 96 valence electrons. The summed E-state index contributed by atoms with van der Waals surface area (Å²) < 4.78 is 33.2. The average Bonchev–Trinajstić information content (AvgIpc) is 2.38. The van der Waals surface area contributed by atoms with E-state index in [0.29, 0.717) is 4.47 Å². The minimum atomic E-state index is -0.749. The molecule has 2 nitrogen and oxygen atoms in total. The molecule has 0 atom stereocenters. The zero-order chi connectivity index (χ0) is 14.0. The van der Waals surface area contributed by atoms with E-state index in [9.17, 15) is 8.78 Å². The van der Waals surface area contributed by atoms with Crippen molar-refractivity contribution >= 4 is 31.9 Å². The Hall–Kier alpha value is -1.45. The van der Waals surface area contributed by atoms with Gasteiger partial charge in [0.1, 0.15) is 6.07 Å². The van der Waals surface area contributed by atoms with E-state index >= 15 is 0 Å². The molecule has 0 aromatic heterocycles. The summed E-state index contributed by atoms with van der Waals surface area (Å²) in [5.41, 5.74) is 0.140. The van der Waals surface area contributed by atoms with Crippen LogP contribution in [0, 0.1) is 23.0 Å². The summed E-state index contributed by atoms with van der Waals surface area (Å²) in [6.07, 6.45) is 0. The minimum Gasteiger partial charge on any atom is -0.451 e. The van der Waals surface area contributed by atoms with Gasteiger partial charge in [-0.25, -0.2) is 8.78 Å². The highest BCUT2D eigenvalue weighted by Gasteiger charge is 2.14. The van der Waals surface area contributed by atoms with E-state index in [-0.39, 0.29) is 21.5 Å². The molecule has 0 bridgehead atoms. The van der Waals surface area contributed by atoms with Crippen LogP contribution in [0.1, 0.15) is 5.56 Å². The summed E-state index contributed by atoms with van der Waals surface area (Å²) in [5, 5.41) is 8.75. The van der Waals surface area contributed by atoms with Crippen molar-refractivity contribution < 1.29 is 13.5 Å². The average molecular weight is 389 g/mol. The fourth-order valence-electron chi connectivity index (χ4n) is 1.37. The lowest BCUT2D eigenvalue weighted by Crippen LogP contribution is -1.93. The number of ether oxygens (including phenoxy) is 1. The first-order valence-electron chi connectivity index (χ1n) is 5.04. The van der Waals surface area contributed by atoms with E-state index in [0.717, 1.165) is 0 Å². The van der Waals surface area contributed by atoms with Crippen LogP contribution in [0.3, 0.4) is 0 Å². The first kappa shape index (κ1) is 14.0. The van der Waals surface area contributed by atoms with Crippen LogP contribution in [0.2, 0.25) is 0 Å². The molecule has 0 spiro atoms. The lowest BCUT2D eigenvalue weighted by atomic mass is 10.2. The number of hydrogen-bond acceptors (Lipinski definition) is 2. The van der Waals surface area contributed by atoms with Crippen LogP contribution in [0.25, 0.3) is 0 Å². The molecule has 2 rings (SSSR count). The number of rotatable bonds is 2. The fraction of sp³-hybridized carbons (Fsp3) is 0. The van der Waals surface area contributed by atoms with Crippen molar-refractivity contribution in [3.8, 4) is 17.6 Å². The predicted molar refractivity (Wildman–Crippen MR) is 73.0 cm³/mol. The van der Waals surface area contributed by atoms with Crippen LogP contribution in [0.15, 0.2) is 39.3 Å². The summed E-state index contributed by atoms with van der Waals surface area (Å²) in [4.78, 5) is 0. The van der Waals surface area contributed by atoms with Gasteiger partial charge in [-0.15, -0.1) is 0 Å². The summed E-state index contributed by atoms with van der Waals surface area (Å²) in [5.74, 6) is -1.62. The zero-order valence-electron chi connectivity index (χ0n) is 9.25. The molecular weight excluding hydrogens is 384 g/mol. The summed E-state index contributed by atoms with van der Waals surface area (Å²) >= 11 is 6.07. The van der Waals surface area contributed by atoms with Gasteiger partial charge in [0.15, 0.2) is 23.1 Å². The Morgan fingerprint density at radius 3 is 2.37 bits per heavy atom. The third-order valence-corrected chi connectivity index (χ3v) is 3.55. The molecule has 0 radical (unpaired) electrons. The number of nitrogens with zero attached hydrogens (tertiary/aromatic N) is 1. The second-order valence-corrected chi connectivity index (χ2v) is 5.24. The van der Waals surface area contributed by atoms with Gasteiger partial charge in [-0.2, -0.15) is 5.26 Å². The maximum absolute atomic E-state index is 13.9. The molecule has 0 aliphatic heterocycles. The largest absolute Gasteiger partial charge is 0.451 e. The van der Waals surface area contributed by atoms with Gasteiger partial charge >= 0.3 is 0 Å². The molecule has 0 aliphatic carbocycles. The summed E-state index contributed by atoms with van der Waals surface area (Å²) in [6.45, 7) is 0. The maximum atomic E-state index is 13.9. The molecule has 0 fully saturated rings. The number of hydrogen-bond donors (Lipinski definition) is 0. The molecule has 19 heavy (non-hydrogen) atoms. The van der Waals surface area contributed by atoms with Crippen molar-refractivity contribution in [3.63, 3.8) is 0 Å². The SMILES string of the molecule is N#Cc1ccc(Oc2ccc(Br)cc2F)c(F)c1Br. The first-order valence-corrected chi connectivity index (χ1v) is 6.62. The highest BCUT2D eigenvalue weighted by atomic mass is 79.9. The highest BCUT2D eigenvalue weighted by molar-refractivity contribution is 9.10. The third kappa shape index (κ3) is 2.94. The molecule has 0 heterocycles. The molecule has 0 N–H and O–H groups in total. The highest BCUT2D eigenvalue weighted by Crippen LogP contribution is 2.33. The molecule has 0 unspecified atom stereocenters. The van der Waals surface area contributed by atoms with Crippen LogP contribution in [0.4, 0.5) is 8.78 Å². The van der Waals surface area contributed by atoms with Gasteiger partial charge in [-0.1, -0.05) is 15.9 Å². The van der Waals surface area contributed by atoms with Crippen LogP contribution < -0.4 is 4.74 Å². The van der Waals surface area contributed by atoms with Crippen molar-refractivity contribution in [1.82, 2.24) is 0 Å². The van der Waals surface area contributed by atoms with E-state index in [2.05, 4.69) is 31.9 Å². The molecule has 2 aromatic carbocycles. The van der Waals surface area contributed by atoms with Crippen LogP contribution in [0.5, 0.6) is 11.5 Å². The molecule has 6 heteroatoms. The van der Waals surface area contributed by atoms with Crippen molar-refractivity contribution in [2.45, 2.75) is 0 Å². The molecule has 0 saturated heterocycles. The second-order valence-electron chi connectivity index (χ2n) is 3.53. The number of benzene rings is 2. The standard InChI is InChI=1S/C13H5Br2F2NO/c14-8-2-4-10(9(16)5-8)19-11-3-1-7(6-18)12(15)13(11)17/h1-5H. The quantitative estimate of drug-likeness (QED) is 0.712. The zero-order valence-corrected chi connectivity index (χ0v) is 12.4. The van der Waals surface area contributed by atoms with E-state index in [1.54, 1.807) is 6.07 Å². The molecular formula is C13H5Br2F2NO. The van der Waals surface area contributed by atoms with Gasteiger partial charge in [-0.3, -0.25) is 0 Å². The van der Waals surface area contributed by atoms with Crippen molar-refractivity contribution in [3.05, 3.63) is 56.5 Å². The molecule has 0 saturated carbocycles. The van der Waals surface area contributed by atoms with Crippen molar-refractivity contribution in [2.75, 3.05) is 0 Å². The van der Waals surface area contributed by atoms with Crippen LogP contribution in [-0.4, -0.2) is 0 Å². The van der Waals surface area contributed by atoms with E-state index in [1.807, 2.05) is 6.07 Å². The Kier molecular flexibility index (Phi) is 4.17. The van der Waals surface area contributed by atoms with Crippen molar-refractivity contribution in [1.29, 1.82) is 5.26 Å². The smallest absolute Gasteiger partial charge is 0.181 e. The Labute approximate surface area is 124 Å². The monoisotopic (exact) mass is 387 g/mol. The summed E-state index contributed by atoms with van der Waals surface area (Å²) in [6, 6.07) is 8.66. The topological polar surface area (TPSA) is 33.0 Å². The van der Waals surface area contributed by atoms with E-state index in [1.165, 1.54) is 24.3 Å². The summed E-state index contributed by atoms with van der Waals surface area (Å²) in [7, 11) is 0. The van der Waals surface area contributed by atoms with E-state index in [4.69, 9.17) is 10.00 Å². The van der Waals surface area contributed by atoms with Gasteiger partial charge < -0.3 is 4.74 Å². The first-order chi connectivity index (χ1) is 9.02. The van der Waals surface area contributed by atoms with Gasteiger partial charge in [-0.05, 0) is 46.3 Å². The Bertz CT molecular complexity index is 683. The van der Waals surface area contributed by atoms with Crippen LogP contribution in [-0.2, 0) is 0 Å². The number of halogens is 4. The molecule has 2 aromatic rings. The van der Waals surface area contributed by atoms with Crippen LogP contribution >= 0.6 is 31.9 Å². The minimum absolute atomic E-state index is 0.00924. The molecule has 0 amide bonds. The van der Waals surface area contributed by atoms with E-state index < -0.39 is 11.6 Å². The Balaban J connectivity index is 2.39. The lowest BCUT2D eigenvalue weighted by molar-refractivity contribution is 0.413.